The predicted molar refractivity (Wildman–Crippen MR) is 55.5 cm³/mol. The third-order valence-corrected chi connectivity index (χ3v) is 4.13. The largest absolute Gasteiger partial charge is 0.459 e. The van der Waals surface area contributed by atoms with E-state index in [9.17, 15) is 4.79 Å². The van der Waals surface area contributed by atoms with Crippen molar-refractivity contribution in [3.05, 3.63) is 23.7 Å². The number of carbonyl (C=O) groups is 1. The highest BCUT2D eigenvalue weighted by atomic mass is 16.3. The number of rotatable bonds is 2. The van der Waals surface area contributed by atoms with Gasteiger partial charge in [-0.15, -0.1) is 0 Å². The summed E-state index contributed by atoms with van der Waals surface area (Å²) in [6.07, 6.45) is 8.11. The molecule has 1 aromatic heterocycles. The van der Waals surface area contributed by atoms with Gasteiger partial charge in [0.25, 0.3) is 5.91 Å². The standard InChI is InChI=1S/C12H15NO2/c13-11(14)10-9(2-5-15-10)8-6-12(7-8)3-1-4-12/h2,5,8H,1,3-4,6-7H2,(H2,13,14). The molecule has 1 heterocycles. The van der Waals surface area contributed by atoms with E-state index in [4.69, 9.17) is 10.2 Å². The molecule has 0 aliphatic heterocycles. The van der Waals surface area contributed by atoms with E-state index in [1.54, 1.807) is 6.26 Å². The summed E-state index contributed by atoms with van der Waals surface area (Å²) in [7, 11) is 0. The van der Waals surface area contributed by atoms with Crippen LogP contribution in [0.5, 0.6) is 0 Å². The summed E-state index contributed by atoms with van der Waals surface area (Å²) in [5.41, 5.74) is 6.91. The van der Waals surface area contributed by atoms with Crippen molar-refractivity contribution in [1.29, 1.82) is 0 Å². The summed E-state index contributed by atoms with van der Waals surface area (Å²) in [4.78, 5) is 11.1. The monoisotopic (exact) mass is 205 g/mol. The minimum Gasteiger partial charge on any atom is -0.459 e. The Morgan fingerprint density at radius 2 is 2.20 bits per heavy atom. The van der Waals surface area contributed by atoms with Gasteiger partial charge in [-0.2, -0.15) is 0 Å². The maximum atomic E-state index is 11.1. The molecule has 0 radical (unpaired) electrons. The molecule has 2 aliphatic rings. The Morgan fingerprint density at radius 1 is 1.47 bits per heavy atom. The molecule has 0 atom stereocenters. The van der Waals surface area contributed by atoms with Gasteiger partial charge in [0.2, 0.25) is 0 Å². The van der Waals surface area contributed by atoms with Gasteiger partial charge in [-0.1, -0.05) is 6.42 Å². The molecule has 2 N–H and O–H groups in total. The topological polar surface area (TPSA) is 56.2 Å². The van der Waals surface area contributed by atoms with E-state index in [0.717, 1.165) is 5.56 Å². The molecule has 3 rings (SSSR count). The Kier molecular flexibility index (Phi) is 1.73. The Balaban J connectivity index is 1.77. The number of furan rings is 1. The number of hydrogen-bond donors (Lipinski definition) is 1. The molecule has 3 heteroatoms. The predicted octanol–water partition coefficient (Wildman–Crippen LogP) is 2.43. The quantitative estimate of drug-likeness (QED) is 0.806. The normalized spacial score (nSPS) is 23.5. The van der Waals surface area contributed by atoms with Crippen LogP contribution in [0.15, 0.2) is 16.7 Å². The third kappa shape index (κ3) is 1.22. The summed E-state index contributed by atoms with van der Waals surface area (Å²) in [5.74, 6) is 0.435. The lowest BCUT2D eigenvalue weighted by Crippen LogP contribution is -2.41. The Hall–Kier alpha value is -1.25. The van der Waals surface area contributed by atoms with Crippen LogP contribution in [0.2, 0.25) is 0 Å². The molecule has 1 spiro atoms. The molecule has 0 saturated heterocycles. The molecule has 0 bridgehead atoms. The molecule has 1 amide bonds. The highest BCUT2D eigenvalue weighted by Gasteiger charge is 2.49. The average Bonchev–Trinajstić information content (AvgIpc) is 2.47. The van der Waals surface area contributed by atoms with Crippen LogP contribution in [0, 0.1) is 5.41 Å². The van der Waals surface area contributed by atoms with Gasteiger partial charge in [0.15, 0.2) is 5.76 Å². The molecular formula is C12H15NO2. The molecule has 0 aromatic carbocycles. The van der Waals surface area contributed by atoms with Crippen LogP contribution in [0.4, 0.5) is 0 Å². The maximum absolute atomic E-state index is 11.1. The second-order valence-corrected chi connectivity index (χ2v) is 5.03. The first kappa shape index (κ1) is 9.01. The molecule has 2 saturated carbocycles. The fraction of sp³-hybridized carbons (Fsp3) is 0.583. The van der Waals surface area contributed by atoms with Crippen LogP contribution in [0.1, 0.15) is 54.1 Å². The van der Waals surface area contributed by atoms with E-state index < -0.39 is 5.91 Å². The van der Waals surface area contributed by atoms with E-state index in [1.165, 1.54) is 32.1 Å². The van der Waals surface area contributed by atoms with Gasteiger partial charge in [-0.3, -0.25) is 4.79 Å². The smallest absolute Gasteiger partial charge is 0.284 e. The first-order valence-electron chi connectivity index (χ1n) is 5.57. The first-order valence-corrected chi connectivity index (χ1v) is 5.57. The summed E-state index contributed by atoms with van der Waals surface area (Å²) in [6, 6.07) is 1.90. The van der Waals surface area contributed by atoms with Gasteiger partial charge >= 0.3 is 0 Å². The van der Waals surface area contributed by atoms with Crippen LogP contribution in [-0.4, -0.2) is 5.91 Å². The molecule has 2 aliphatic carbocycles. The minimum atomic E-state index is -0.440. The molecule has 2 fully saturated rings. The van der Waals surface area contributed by atoms with E-state index in [2.05, 4.69) is 0 Å². The van der Waals surface area contributed by atoms with Crippen molar-refractivity contribution < 1.29 is 9.21 Å². The maximum Gasteiger partial charge on any atom is 0.284 e. The summed E-state index contributed by atoms with van der Waals surface area (Å²) < 4.78 is 5.13. The van der Waals surface area contributed by atoms with Crippen LogP contribution in [0.25, 0.3) is 0 Å². The Morgan fingerprint density at radius 3 is 2.73 bits per heavy atom. The minimum absolute atomic E-state index is 0.370. The lowest BCUT2D eigenvalue weighted by molar-refractivity contribution is 0.00849. The van der Waals surface area contributed by atoms with Crippen molar-refractivity contribution in [3.8, 4) is 0 Å². The highest BCUT2D eigenvalue weighted by Crippen LogP contribution is 2.62. The second kappa shape index (κ2) is 2.87. The zero-order chi connectivity index (χ0) is 10.5. The zero-order valence-electron chi connectivity index (χ0n) is 8.66. The Bertz CT molecular complexity index is 396. The van der Waals surface area contributed by atoms with Gasteiger partial charge in [0.1, 0.15) is 0 Å². The summed E-state index contributed by atoms with van der Waals surface area (Å²) >= 11 is 0. The van der Waals surface area contributed by atoms with Gasteiger partial charge < -0.3 is 10.2 Å². The molecule has 3 nitrogen and oxygen atoms in total. The molecular weight excluding hydrogens is 190 g/mol. The number of carbonyl (C=O) groups excluding carboxylic acids is 1. The van der Waals surface area contributed by atoms with Crippen molar-refractivity contribution in [2.45, 2.75) is 38.0 Å². The molecule has 0 unspecified atom stereocenters. The van der Waals surface area contributed by atoms with Gasteiger partial charge in [0.05, 0.1) is 6.26 Å². The molecule has 80 valence electrons. The third-order valence-electron chi connectivity index (χ3n) is 4.13. The number of hydrogen-bond acceptors (Lipinski definition) is 2. The fourth-order valence-corrected chi connectivity index (χ4v) is 3.13. The van der Waals surface area contributed by atoms with E-state index in [-0.39, 0.29) is 0 Å². The van der Waals surface area contributed by atoms with Crippen molar-refractivity contribution in [2.75, 3.05) is 0 Å². The van der Waals surface area contributed by atoms with E-state index in [1.807, 2.05) is 6.07 Å². The molecule has 1 aromatic rings. The summed E-state index contributed by atoms with van der Waals surface area (Å²) in [6.45, 7) is 0. The van der Waals surface area contributed by atoms with Crippen molar-refractivity contribution in [1.82, 2.24) is 0 Å². The number of amides is 1. The van der Waals surface area contributed by atoms with Gasteiger partial charge in [-0.05, 0) is 43.1 Å². The highest BCUT2D eigenvalue weighted by molar-refractivity contribution is 5.91. The van der Waals surface area contributed by atoms with Crippen molar-refractivity contribution in [3.63, 3.8) is 0 Å². The zero-order valence-corrected chi connectivity index (χ0v) is 8.66. The van der Waals surface area contributed by atoms with Crippen LogP contribution >= 0.6 is 0 Å². The van der Waals surface area contributed by atoms with E-state index in [0.29, 0.717) is 17.1 Å². The average molecular weight is 205 g/mol. The van der Waals surface area contributed by atoms with Crippen molar-refractivity contribution >= 4 is 5.91 Å². The Labute approximate surface area is 88.6 Å². The van der Waals surface area contributed by atoms with Gasteiger partial charge in [-0.25, -0.2) is 0 Å². The number of primary amides is 1. The lowest BCUT2D eigenvalue weighted by atomic mass is 9.51. The lowest BCUT2D eigenvalue weighted by Gasteiger charge is -2.54. The van der Waals surface area contributed by atoms with Crippen molar-refractivity contribution in [2.24, 2.45) is 11.1 Å². The van der Waals surface area contributed by atoms with Gasteiger partial charge in [0, 0.05) is 5.56 Å². The summed E-state index contributed by atoms with van der Waals surface area (Å²) in [5, 5.41) is 0. The van der Waals surface area contributed by atoms with Crippen LogP contribution in [0.3, 0.4) is 0 Å². The first-order chi connectivity index (χ1) is 7.20. The van der Waals surface area contributed by atoms with E-state index >= 15 is 0 Å². The SMILES string of the molecule is NC(=O)c1occc1C1CC2(CCC2)C1. The van der Waals surface area contributed by atoms with Crippen LogP contribution in [-0.2, 0) is 0 Å². The fourth-order valence-electron chi connectivity index (χ4n) is 3.13. The number of nitrogens with two attached hydrogens (primary N) is 1. The molecule has 15 heavy (non-hydrogen) atoms. The van der Waals surface area contributed by atoms with Crippen LogP contribution < -0.4 is 5.73 Å². The second-order valence-electron chi connectivity index (χ2n) is 5.03.